The summed E-state index contributed by atoms with van der Waals surface area (Å²) in [6.07, 6.45) is 0. The molecule has 4 aromatic rings. The number of methoxy groups -OCH3 is 2. The predicted octanol–water partition coefficient (Wildman–Crippen LogP) is 11.7. The first-order valence-corrected chi connectivity index (χ1v) is 22.6. The molecule has 4 aromatic carbocycles. The number of benzene rings is 4. The van der Waals surface area contributed by atoms with E-state index in [4.69, 9.17) is 56.3 Å². The molecule has 19 heteroatoms. The molecule has 0 saturated carbocycles. The Morgan fingerprint density at radius 1 is 0.478 bits per heavy atom. The van der Waals surface area contributed by atoms with E-state index in [1.165, 1.54) is 24.3 Å². The normalized spacial score (nSPS) is 19.1. The first-order valence-electron chi connectivity index (χ1n) is 21.8. The van der Waals surface area contributed by atoms with Crippen molar-refractivity contribution in [3.05, 3.63) is 112 Å². The van der Waals surface area contributed by atoms with E-state index in [9.17, 15) is 8.78 Å². The van der Waals surface area contributed by atoms with Crippen LogP contribution in [-0.4, -0.2) is 82.5 Å². The molecule has 7 rings (SSSR count). The monoisotopic (exact) mass is 1110 g/mol. The lowest BCUT2D eigenvalue weighted by molar-refractivity contribution is -0.0392. The summed E-state index contributed by atoms with van der Waals surface area (Å²) >= 11 is 3.45. The van der Waals surface area contributed by atoms with Crippen LogP contribution >= 0.6 is 39.9 Å². The van der Waals surface area contributed by atoms with Crippen molar-refractivity contribution in [1.82, 2.24) is 0 Å². The molecule has 368 valence electrons. The molecule has 0 spiro atoms. The Bertz CT molecular complexity index is 2130. The Balaban J connectivity index is 0.000000274. The van der Waals surface area contributed by atoms with Crippen molar-refractivity contribution in [1.29, 1.82) is 0 Å². The second kappa shape index (κ2) is 23.5. The third-order valence-corrected chi connectivity index (χ3v) is 13.2. The van der Waals surface area contributed by atoms with Gasteiger partial charge in [0.1, 0.15) is 48.2 Å². The zero-order chi connectivity index (χ0) is 48.7. The van der Waals surface area contributed by atoms with Gasteiger partial charge in [-0.3, -0.25) is 0 Å². The summed E-state index contributed by atoms with van der Waals surface area (Å²) in [5.74, 6) is 1.81. The Labute approximate surface area is 423 Å². The predicted molar refractivity (Wildman–Crippen MR) is 272 cm³/mol. The van der Waals surface area contributed by atoms with Crippen LogP contribution in [0.1, 0.15) is 95.6 Å². The summed E-state index contributed by atoms with van der Waals surface area (Å²) in [6.45, 7) is 25.4. The number of ether oxygens (including phenoxy) is 6. The average Bonchev–Trinajstić information content (AvgIpc) is 3.70. The van der Waals surface area contributed by atoms with Crippen molar-refractivity contribution < 1.29 is 66.6 Å². The van der Waals surface area contributed by atoms with Crippen LogP contribution in [0.15, 0.2) is 89.4 Å². The van der Waals surface area contributed by atoms with Crippen LogP contribution in [0.25, 0.3) is 0 Å². The van der Waals surface area contributed by atoms with Gasteiger partial charge in [-0.2, -0.15) is 0 Å². The molecular weight excluding hydrogens is 1050 g/mol. The Kier molecular flexibility index (Phi) is 20.0. The highest BCUT2D eigenvalue weighted by molar-refractivity contribution is 14.0. The maximum atomic E-state index is 13.1. The van der Waals surface area contributed by atoms with Crippen molar-refractivity contribution in [2.75, 3.05) is 27.8 Å². The molecule has 3 aliphatic heterocycles. The van der Waals surface area contributed by atoms with E-state index >= 15 is 0 Å². The molecule has 0 bridgehead atoms. The van der Waals surface area contributed by atoms with E-state index < -0.39 is 32.3 Å². The molecule has 3 heterocycles. The summed E-state index contributed by atoms with van der Waals surface area (Å²) in [6, 6.07) is 22.9. The van der Waals surface area contributed by atoms with Crippen molar-refractivity contribution in [2.24, 2.45) is 0 Å². The first kappa shape index (κ1) is 56.9. The van der Waals surface area contributed by atoms with E-state index in [2.05, 4.69) is 15.9 Å². The molecule has 3 saturated heterocycles. The number of hydrogen-bond donors (Lipinski definition) is 0. The van der Waals surface area contributed by atoms with Crippen LogP contribution in [-0.2, 0) is 60.1 Å². The van der Waals surface area contributed by atoms with Gasteiger partial charge in [-0.25, -0.2) is 8.78 Å². The minimum Gasteiger partial charge on any atom is -0.457 e. The highest BCUT2D eigenvalue weighted by Gasteiger charge is 2.63. The van der Waals surface area contributed by atoms with Gasteiger partial charge in [0.25, 0.3) is 0 Å². The van der Waals surface area contributed by atoms with Crippen molar-refractivity contribution in [3.8, 4) is 23.0 Å². The van der Waals surface area contributed by atoms with Crippen molar-refractivity contribution >= 4 is 66.5 Å². The zero-order valence-corrected chi connectivity index (χ0v) is 45.0. The highest BCUT2D eigenvalue weighted by Crippen LogP contribution is 2.43. The van der Waals surface area contributed by atoms with Gasteiger partial charge in [0.2, 0.25) is 0 Å². The molecule has 0 aromatic heterocycles. The molecule has 0 radical (unpaired) electrons. The molecule has 3 fully saturated rings. The van der Waals surface area contributed by atoms with Gasteiger partial charge >= 0.3 is 21.1 Å². The maximum Gasteiger partial charge on any atom is 0.495 e. The molecule has 0 aliphatic carbocycles. The van der Waals surface area contributed by atoms with Crippen LogP contribution < -0.4 is 14.9 Å². The standard InChI is InChI=1S/C21H26BFO5.C15H14BrFO3.C12H24B2O4.HI.H2/c1-20(2)21(3,4)28-22(27-20)19-11-10-18(12-15(19)13-25-14-24-5)26-17-8-6-16(23)7-9-17;1-18-10-19-9-11-8-14(6-7-15(11)16)20-13-4-2-12(17)3-5-13;1-9(2)10(3,4)16-13(15-9)14-17-11(5,6)12(7,8)18-14;;/h6-12H,13-14H2,1-5H3;2-8H,9-10H2,1H3;1-8H3;2*1H. The molecule has 67 heavy (non-hydrogen) atoms. The van der Waals surface area contributed by atoms with Crippen LogP contribution in [0.4, 0.5) is 8.78 Å². The molecule has 12 nitrogen and oxygen atoms in total. The van der Waals surface area contributed by atoms with Crippen molar-refractivity contribution in [3.63, 3.8) is 0 Å². The van der Waals surface area contributed by atoms with Crippen LogP contribution in [0.5, 0.6) is 23.0 Å². The minimum absolute atomic E-state index is 0. The fourth-order valence-electron chi connectivity index (χ4n) is 6.44. The van der Waals surface area contributed by atoms with Crippen LogP contribution in [0.2, 0.25) is 0 Å². The Hall–Kier alpha value is -2.66. The molecule has 0 amide bonds. The third-order valence-electron chi connectivity index (χ3n) is 12.4. The van der Waals surface area contributed by atoms with E-state index in [0.29, 0.717) is 36.2 Å². The molecule has 0 atom stereocenters. The SMILES string of the molecule is CC1(C)OB(B2OC(C)(C)C(C)(C)O2)OC1(C)C.COCOCc1cc(Oc2ccc(F)cc2)ccc1B1OC(C)(C)C(C)(C)O1.COCOCc1cc(Oc2ccc(F)cc2)ccc1Br.I.[HH]. The average molecular weight is 1110 g/mol. The molecule has 0 unspecified atom stereocenters. The van der Waals surface area contributed by atoms with E-state index in [0.717, 1.165) is 21.1 Å². The summed E-state index contributed by atoms with van der Waals surface area (Å²) < 4.78 is 95.3. The third kappa shape index (κ3) is 14.9. The largest absolute Gasteiger partial charge is 0.495 e. The van der Waals surface area contributed by atoms with Gasteiger partial charge in [-0.15, -0.1) is 24.0 Å². The number of rotatable bonds is 14. The lowest BCUT2D eigenvalue weighted by Crippen LogP contribution is -2.41. The fourth-order valence-corrected chi connectivity index (χ4v) is 6.80. The van der Waals surface area contributed by atoms with Crippen molar-refractivity contribution in [2.45, 2.75) is 130 Å². The molecule has 3 aliphatic rings. The zero-order valence-electron chi connectivity index (χ0n) is 41.1. The lowest BCUT2D eigenvalue weighted by atomic mass is 9.49. The van der Waals surface area contributed by atoms with Crippen LogP contribution in [0.3, 0.4) is 0 Å². The fraction of sp³-hybridized carbons (Fsp3) is 0.500. The molecular formula is C48H67B3BrF2IO12. The second-order valence-electron chi connectivity index (χ2n) is 19.1. The van der Waals surface area contributed by atoms with E-state index in [-0.39, 0.29) is 73.0 Å². The van der Waals surface area contributed by atoms with Gasteiger partial charge in [-0.05, 0) is 179 Å². The summed E-state index contributed by atoms with van der Waals surface area (Å²) in [4.78, 5) is 0. The topological polar surface area (TPSA) is 111 Å². The van der Waals surface area contributed by atoms with E-state index in [1.807, 2.05) is 119 Å². The Morgan fingerprint density at radius 3 is 1.19 bits per heavy atom. The number of hydrogen-bond acceptors (Lipinski definition) is 12. The summed E-state index contributed by atoms with van der Waals surface area (Å²) in [7, 11) is 1.69. The van der Waals surface area contributed by atoms with Gasteiger partial charge in [-0.1, -0.05) is 22.0 Å². The number of halogens is 4. The van der Waals surface area contributed by atoms with Gasteiger partial charge in [0.05, 0.1) is 46.8 Å². The summed E-state index contributed by atoms with van der Waals surface area (Å²) in [5.41, 5.74) is 0.375. The smallest absolute Gasteiger partial charge is 0.457 e. The van der Waals surface area contributed by atoms with Crippen LogP contribution in [0, 0.1) is 11.6 Å². The first-order chi connectivity index (χ1) is 30.8. The minimum atomic E-state index is -0.508. The van der Waals surface area contributed by atoms with Gasteiger partial charge < -0.3 is 56.3 Å². The molecule has 0 N–H and O–H groups in total. The highest BCUT2D eigenvalue weighted by atomic mass is 127. The van der Waals surface area contributed by atoms with Gasteiger partial charge in [0.15, 0.2) is 0 Å². The maximum absolute atomic E-state index is 13.1. The Morgan fingerprint density at radius 2 is 0.806 bits per heavy atom. The second-order valence-corrected chi connectivity index (χ2v) is 19.9. The van der Waals surface area contributed by atoms with Gasteiger partial charge in [0, 0.05) is 20.1 Å². The van der Waals surface area contributed by atoms with E-state index in [1.54, 1.807) is 38.5 Å². The quantitative estimate of drug-likeness (QED) is 0.0519. The lowest BCUT2D eigenvalue weighted by Gasteiger charge is -2.32. The summed E-state index contributed by atoms with van der Waals surface area (Å²) in [5, 5.41) is 0.